The molecule has 1 spiro atoms. The number of amides is 3. The van der Waals surface area contributed by atoms with Gasteiger partial charge >= 0.3 is 5.97 Å². The lowest BCUT2D eigenvalue weighted by molar-refractivity contribution is -0.146. The standard InChI is InChI=1S/C33H34ClN3O7/c1-20(18-38)37-29-32(42)36(24-13-8-7-12-22(24)34)17-9-3-6-14-26(39)43-19-23(21-10-4-2-5-11-21)35-30(40)27-25-15-16-33(29,44-25)28(27)31(37)41/h2-5,7-13,15-16,20,23,25,27-29,38H,6,14,17-19H2,1H3,(H,35,40)/b9-3-/t20-,23+,25+,27-,28-,29+,33-/m1/s1. The highest BCUT2D eigenvalue weighted by molar-refractivity contribution is 6.34. The number of nitrogens with one attached hydrogen (secondary N) is 1. The van der Waals surface area contributed by atoms with Crippen molar-refractivity contribution in [3.8, 4) is 0 Å². The summed E-state index contributed by atoms with van der Waals surface area (Å²) in [4.78, 5) is 58.5. The van der Waals surface area contributed by atoms with Crippen LogP contribution in [0.1, 0.15) is 31.4 Å². The molecule has 2 aromatic carbocycles. The fourth-order valence-electron chi connectivity index (χ4n) is 6.80. The summed E-state index contributed by atoms with van der Waals surface area (Å²) in [5, 5.41) is 13.5. The van der Waals surface area contributed by atoms with E-state index < -0.39 is 72.0 Å². The maximum absolute atomic E-state index is 14.7. The van der Waals surface area contributed by atoms with Crippen LogP contribution in [0.5, 0.6) is 0 Å². The Balaban J connectivity index is 1.45. The van der Waals surface area contributed by atoms with Crippen LogP contribution in [0.15, 0.2) is 78.9 Å². The van der Waals surface area contributed by atoms with Crippen LogP contribution in [0.2, 0.25) is 5.02 Å². The van der Waals surface area contributed by atoms with Gasteiger partial charge in [-0.2, -0.15) is 0 Å². The van der Waals surface area contributed by atoms with Crippen LogP contribution in [-0.4, -0.2) is 77.2 Å². The number of fused-ring (bicyclic) bond motifs is 2. The number of rotatable bonds is 4. The lowest BCUT2D eigenvalue weighted by Crippen LogP contribution is -2.58. The van der Waals surface area contributed by atoms with Crippen molar-refractivity contribution >= 4 is 41.0 Å². The summed E-state index contributed by atoms with van der Waals surface area (Å²) in [6.07, 6.45) is 6.73. The fraction of sp³-hybridized carbons (Fsp3) is 0.394. The highest BCUT2D eigenvalue weighted by atomic mass is 35.5. The number of hydrogen-bond acceptors (Lipinski definition) is 7. The Bertz CT molecular complexity index is 1510. The summed E-state index contributed by atoms with van der Waals surface area (Å²) in [7, 11) is 0. The van der Waals surface area contributed by atoms with Crippen molar-refractivity contribution in [1.82, 2.24) is 10.2 Å². The molecule has 10 nitrogen and oxygen atoms in total. The van der Waals surface area contributed by atoms with Gasteiger partial charge in [-0.25, -0.2) is 0 Å². The fourth-order valence-corrected chi connectivity index (χ4v) is 7.03. The van der Waals surface area contributed by atoms with Crippen LogP contribution in [0, 0.1) is 11.8 Å². The zero-order valence-corrected chi connectivity index (χ0v) is 24.9. The minimum atomic E-state index is -1.43. The lowest BCUT2D eigenvalue weighted by Gasteiger charge is -2.38. The molecule has 0 aliphatic carbocycles. The molecule has 6 rings (SSSR count). The summed E-state index contributed by atoms with van der Waals surface area (Å²) in [5.74, 6) is -3.76. The Labute approximate surface area is 260 Å². The van der Waals surface area contributed by atoms with Gasteiger partial charge < -0.3 is 29.7 Å². The number of aliphatic hydroxyl groups is 1. The normalized spacial score (nSPS) is 31.9. The second-order valence-electron chi connectivity index (χ2n) is 11.5. The van der Waals surface area contributed by atoms with Crippen LogP contribution >= 0.6 is 11.6 Å². The van der Waals surface area contributed by atoms with Crippen molar-refractivity contribution in [2.45, 2.75) is 49.6 Å². The van der Waals surface area contributed by atoms with Gasteiger partial charge in [-0.3, -0.25) is 19.2 Å². The van der Waals surface area contributed by atoms with Crippen molar-refractivity contribution in [1.29, 1.82) is 0 Å². The number of carbonyl (C=O) groups excluding carboxylic acids is 4. The molecule has 4 aliphatic heterocycles. The zero-order chi connectivity index (χ0) is 31.0. The van der Waals surface area contributed by atoms with E-state index in [1.54, 1.807) is 55.5 Å². The number of anilines is 1. The van der Waals surface area contributed by atoms with Crippen molar-refractivity contribution in [2.75, 3.05) is 24.7 Å². The smallest absolute Gasteiger partial charge is 0.306 e. The molecule has 2 fully saturated rings. The Morgan fingerprint density at radius 3 is 2.55 bits per heavy atom. The Hall–Kier alpha value is -3.99. The number of para-hydroxylation sites is 1. The van der Waals surface area contributed by atoms with Crippen LogP contribution in [-0.2, 0) is 28.7 Å². The molecule has 0 aromatic heterocycles. The van der Waals surface area contributed by atoms with E-state index in [1.165, 1.54) is 9.80 Å². The molecule has 0 saturated carbocycles. The number of cyclic esters (lactones) is 1. The number of benzene rings is 2. The highest BCUT2D eigenvalue weighted by Crippen LogP contribution is 2.56. The molecule has 2 aromatic rings. The van der Waals surface area contributed by atoms with Gasteiger partial charge in [0.15, 0.2) is 0 Å². The molecule has 7 atom stereocenters. The molecule has 4 aliphatic rings. The summed E-state index contributed by atoms with van der Waals surface area (Å²) < 4.78 is 12.0. The van der Waals surface area contributed by atoms with E-state index in [0.29, 0.717) is 17.1 Å². The summed E-state index contributed by atoms with van der Waals surface area (Å²) in [6.45, 7) is 1.27. The molecule has 2 saturated heterocycles. The minimum Gasteiger partial charge on any atom is -0.463 e. The number of ether oxygens (including phenoxy) is 2. The van der Waals surface area contributed by atoms with Crippen molar-refractivity contribution in [3.63, 3.8) is 0 Å². The first kappa shape index (κ1) is 30.1. The second-order valence-corrected chi connectivity index (χ2v) is 12.0. The molecule has 44 heavy (non-hydrogen) atoms. The quantitative estimate of drug-likeness (QED) is 0.398. The van der Waals surface area contributed by atoms with Gasteiger partial charge in [0.1, 0.15) is 18.2 Å². The number of likely N-dealkylation sites (tertiary alicyclic amines) is 1. The first-order chi connectivity index (χ1) is 21.3. The molecular weight excluding hydrogens is 586 g/mol. The van der Waals surface area contributed by atoms with Gasteiger partial charge in [-0.1, -0.05) is 78.4 Å². The molecule has 11 heteroatoms. The van der Waals surface area contributed by atoms with Crippen molar-refractivity contribution in [3.05, 3.63) is 89.5 Å². The predicted molar refractivity (Wildman–Crippen MR) is 161 cm³/mol. The maximum atomic E-state index is 14.7. The largest absolute Gasteiger partial charge is 0.463 e. The lowest BCUT2D eigenvalue weighted by atomic mass is 9.74. The molecular formula is C33H34ClN3O7. The third-order valence-electron chi connectivity index (χ3n) is 8.90. The number of hydrogen-bond donors (Lipinski definition) is 2. The van der Waals surface area contributed by atoms with Gasteiger partial charge in [0.05, 0.1) is 47.3 Å². The predicted octanol–water partition coefficient (Wildman–Crippen LogP) is 2.96. The number of nitrogens with zero attached hydrogens (tertiary/aromatic N) is 2. The minimum absolute atomic E-state index is 0.0921. The molecule has 0 unspecified atom stereocenters. The van der Waals surface area contributed by atoms with Gasteiger partial charge in [0, 0.05) is 13.0 Å². The van der Waals surface area contributed by atoms with E-state index in [9.17, 15) is 24.3 Å². The molecule has 3 amide bonds. The van der Waals surface area contributed by atoms with Crippen LogP contribution in [0.4, 0.5) is 5.69 Å². The van der Waals surface area contributed by atoms with E-state index in [4.69, 9.17) is 21.1 Å². The summed E-state index contributed by atoms with van der Waals surface area (Å²) in [5.41, 5.74) is -0.269. The average molecular weight is 620 g/mol. The van der Waals surface area contributed by atoms with E-state index in [0.717, 1.165) is 5.56 Å². The number of esters is 1. The van der Waals surface area contributed by atoms with E-state index in [-0.39, 0.29) is 19.6 Å². The highest BCUT2D eigenvalue weighted by Gasteiger charge is 2.73. The first-order valence-corrected chi connectivity index (χ1v) is 15.2. The molecule has 2 N–H and O–H groups in total. The third-order valence-corrected chi connectivity index (χ3v) is 9.22. The van der Waals surface area contributed by atoms with Crippen LogP contribution < -0.4 is 10.2 Å². The number of allylic oxidation sites excluding steroid dienone is 1. The third kappa shape index (κ3) is 5.10. The number of halogens is 1. The van der Waals surface area contributed by atoms with Gasteiger partial charge in [-0.15, -0.1) is 0 Å². The average Bonchev–Trinajstić information content (AvgIpc) is 3.68. The van der Waals surface area contributed by atoms with E-state index in [1.807, 2.05) is 30.3 Å². The molecule has 230 valence electrons. The second kappa shape index (κ2) is 12.2. The topological polar surface area (TPSA) is 125 Å². The van der Waals surface area contributed by atoms with E-state index >= 15 is 0 Å². The van der Waals surface area contributed by atoms with Gasteiger partial charge in [-0.05, 0) is 31.0 Å². The first-order valence-electron chi connectivity index (χ1n) is 14.8. The Morgan fingerprint density at radius 2 is 1.80 bits per heavy atom. The number of carbonyl (C=O) groups is 4. The SMILES string of the molecule is C[C@H](CO)N1C(=O)[C@H]2[C@@H]3C(=O)N[C@H](c4ccccc4)COC(=O)CC/C=C\CN(c4ccccc4Cl)C(=O)[C@H]1[C@@]21C=C[C@@H]3O1. The zero-order valence-electron chi connectivity index (χ0n) is 24.2. The summed E-state index contributed by atoms with van der Waals surface area (Å²) in [6, 6.07) is 13.5. The number of aliphatic hydroxyl groups excluding tert-OH is 1. The van der Waals surface area contributed by atoms with Crippen LogP contribution in [0.3, 0.4) is 0 Å². The van der Waals surface area contributed by atoms with Crippen molar-refractivity contribution < 1.29 is 33.8 Å². The molecule has 4 heterocycles. The van der Waals surface area contributed by atoms with Crippen molar-refractivity contribution in [2.24, 2.45) is 11.8 Å². The van der Waals surface area contributed by atoms with Gasteiger partial charge in [0.25, 0.3) is 5.91 Å². The maximum Gasteiger partial charge on any atom is 0.306 e. The summed E-state index contributed by atoms with van der Waals surface area (Å²) >= 11 is 6.57. The van der Waals surface area contributed by atoms with Crippen LogP contribution in [0.25, 0.3) is 0 Å². The molecule has 0 radical (unpaired) electrons. The van der Waals surface area contributed by atoms with Gasteiger partial charge in [0.2, 0.25) is 11.8 Å². The van der Waals surface area contributed by atoms with E-state index in [2.05, 4.69) is 5.32 Å². The monoisotopic (exact) mass is 619 g/mol. The Morgan fingerprint density at radius 1 is 1.05 bits per heavy atom. The molecule has 5 bridgehead atoms. The Kier molecular flexibility index (Phi) is 8.32.